The number of anilines is 1. The molecular weight excluding hydrogens is 514 g/mol. The average molecular weight is 539 g/mol. The number of sulfonamides is 1. The zero-order chi connectivity index (χ0) is 26.0. The number of nitrogens with one attached hydrogen (secondary N) is 1. The highest BCUT2D eigenvalue weighted by molar-refractivity contribution is 7.92. The van der Waals surface area contributed by atoms with Gasteiger partial charge in [-0.15, -0.1) is 0 Å². The molecule has 1 saturated heterocycles. The summed E-state index contributed by atoms with van der Waals surface area (Å²) in [7, 11) is 0.435. The molecule has 192 valence electrons. The monoisotopic (exact) mass is 538 g/mol. The molecule has 1 atom stereocenters. The Morgan fingerprint density at radius 3 is 2.25 bits per heavy atom. The van der Waals surface area contributed by atoms with Gasteiger partial charge in [0.05, 0.1) is 29.8 Å². The van der Waals surface area contributed by atoms with Crippen molar-refractivity contribution in [2.45, 2.75) is 17.4 Å². The van der Waals surface area contributed by atoms with Gasteiger partial charge in [-0.3, -0.25) is 4.72 Å². The van der Waals surface area contributed by atoms with Crippen LogP contribution in [0.2, 0.25) is 5.02 Å². The number of hydrogen-bond donors (Lipinski definition) is 1. The summed E-state index contributed by atoms with van der Waals surface area (Å²) in [5.41, 5.74) is 0.240. The van der Waals surface area contributed by atoms with E-state index in [9.17, 15) is 17.2 Å². The van der Waals surface area contributed by atoms with Gasteiger partial charge in [-0.2, -0.15) is 0 Å². The van der Waals surface area contributed by atoms with Crippen molar-refractivity contribution >= 4 is 27.3 Å². The molecule has 0 saturated carbocycles. The zero-order valence-corrected chi connectivity index (χ0v) is 21.4. The highest BCUT2D eigenvalue weighted by Gasteiger charge is 2.26. The Morgan fingerprint density at radius 2 is 1.64 bits per heavy atom. The number of rotatable bonds is 8. The Labute approximate surface area is 213 Å². The van der Waals surface area contributed by atoms with Crippen molar-refractivity contribution in [2.24, 2.45) is 0 Å². The minimum absolute atomic E-state index is 0.0132. The summed E-state index contributed by atoms with van der Waals surface area (Å²) in [4.78, 5) is 1.86. The topological polar surface area (TPSA) is 77.1 Å². The van der Waals surface area contributed by atoms with Crippen LogP contribution in [0.4, 0.5) is 14.5 Å². The summed E-state index contributed by atoms with van der Waals surface area (Å²) in [6.45, 7) is 1.61. The maximum absolute atomic E-state index is 14.0. The van der Waals surface area contributed by atoms with Crippen LogP contribution >= 0.6 is 11.6 Å². The van der Waals surface area contributed by atoms with E-state index in [1.165, 1.54) is 44.6 Å². The van der Waals surface area contributed by atoms with Crippen molar-refractivity contribution in [3.8, 4) is 28.4 Å². The average Bonchev–Trinajstić information content (AvgIpc) is 3.23. The van der Waals surface area contributed by atoms with Crippen LogP contribution in [-0.4, -0.2) is 53.8 Å². The van der Waals surface area contributed by atoms with Crippen LogP contribution in [0.1, 0.15) is 6.42 Å². The second-order valence-corrected chi connectivity index (χ2v) is 10.5. The van der Waals surface area contributed by atoms with Crippen LogP contribution in [0.5, 0.6) is 17.2 Å². The van der Waals surface area contributed by atoms with E-state index in [1.54, 1.807) is 0 Å². The molecule has 3 aromatic carbocycles. The van der Waals surface area contributed by atoms with Crippen LogP contribution < -0.4 is 18.9 Å². The smallest absolute Gasteiger partial charge is 0.262 e. The molecule has 1 N–H and O–H groups in total. The van der Waals surface area contributed by atoms with Gasteiger partial charge in [0.1, 0.15) is 23.5 Å². The van der Waals surface area contributed by atoms with E-state index in [4.69, 9.17) is 25.8 Å². The number of nitrogens with zero attached hydrogens (tertiary/aromatic N) is 1. The molecular formula is C25H25ClF2N2O5S. The Bertz CT molecular complexity index is 1370. The lowest BCUT2D eigenvalue weighted by Crippen LogP contribution is -2.21. The molecule has 0 radical (unpaired) electrons. The molecule has 0 spiro atoms. The van der Waals surface area contributed by atoms with Crippen molar-refractivity contribution < 1.29 is 31.4 Å². The molecule has 0 amide bonds. The molecule has 0 aromatic heterocycles. The highest BCUT2D eigenvalue weighted by Crippen LogP contribution is 2.39. The van der Waals surface area contributed by atoms with Crippen molar-refractivity contribution in [1.29, 1.82) is 0 Å². The molecule has 3 aromatic rings. The second kappa shape index (κ2) is 10.5. The Morgan fingerprint density at radius 1 is 0.972 bits per heavy atom. The van der Waals surface area contributed by atoms with Crippen LogP contribution in [-0.2, 0) is 10.0 Å². The highest BCUT2D eigenvalue weighted by atomic mass is 35.5. The van der Waals surface area contributed by atoms with E-state index in [1.807, 2.05) is 7.05 Å². The number of likely N-dealkylation sites (N-methyl/N-ethyl adjacent to an activating group) is 1. The van der Waals surface area contributed by atoms with Gasteiger partial charge >= 0.3 is 0 Å². The normalized spacial score (nSPS) is 16.1. The summed E-state index contributed by atoms with van der Waals surface area (Å²) in [5, 5.41) is 0.342. The van der Waals surface area contributed by atoms with Gasteiger partial charge in [-0.05, 0) is 49.4 Å². The maximum atomic E-state index is 14.0. The number of benzene rings is 3. The fraction of sp³-hybridized carbons (Fsp3) is 0.280. The van der Waals surface area contributed by atoms with Crippen LogP contribution in [0.15, 0.2) is 53.4 Å². The Balaban J connectivity index is 1.74. The summed E-state index contributed by atoms with van der Waals surface area (Å²) in [5.74, 6) is -1.04. The third-order valence-corrected chi connectivity index (χ3v) is 7.51. The second-order valence-electron chi connectivity index (χ2n) is 8.40. The van der Waals surface area contributed by atoms with Gasteiger partial charge in [0, 0.05) is 36.9 Å². The van der Waals surface area contributed by atoms with E-state index in [-0.39, 0.29) is 39.3 Å². The van der Waals surface area contributed by atoms with Crippen molar-refractivity contribution in [3.63, 3.8) is 0 Å². The summed E-state index contributed by atoms with van der Waals surface area (Å²) >= 11 is 6.29. The lowest BCUT2D eigenvalue weighted by atomic mass is 10.0. The van der Waals surface area contributed by atoms with Gasteiger partial charge in [0.25, 0.3) is 10.0 Å². The summed E-state index contributed by atoms with van der Waals surface area (Å²) in [6, 6.07) is 9.90. The first-order chi connectivity index (χ1) is 17.1. The molecule has 0 aliphatic carbocycles. The summed E-state index contributed by atoms with van der Waals surface area (Å²) < 4.78 is 74.1. The molecule has 1 aliphatic rings. The number of likely N-dealkylation sites (tertiary alicyclic amines) is 1. The molecule has 36 heavy (non-hydrogen) atoms. The van der Waals surface area contributed by atoms with E-state index in [2.05, 4.69) is 9.62 Å². The molecule has 7 nitrogen and oxygen atoms in total. The SMILES string of the molecule is COc1cc(-c2cc(F)cc(F)c2)c(S(=O)(=O)Nc2ccc(Cl)c(O[C@@H]3CCN(C)C3)c2)cc1OC. The third kappa shape index (κ3) is 5.66. The molecule has 11 heteroatoms. The van der Waals surface area contributed by atoms with Crippen LogP contribution in [0.3, 0.4) is 0 Å². The first-order valence-electron chi connectivity index (χ1n) is 11.0. The first-order valence-corrected chi connectivity index (χ1v) is 12.9. The fourth-order valence-electron chi connectivity index (χ4n) is 4.06. The largest absolute Gasteiger partial charge is 0.493 e. The maximum Gasteiger partial charge on any atom is 0.262 e. The lowest BCUT2D eigenvalue weighted by Gasteiger charge is -2.18. The molecule has 1 aliphatic heterocycles. The Hall–Kier alpha value is -3.08. The predicted octanol–water partition coefficient (Wildman–Crippen LogP) is 5.19. The van der Waals surface area contributed by atoms with E-state index < -0.39 is 21.7 Å². The molecule has 1 heterocycles. The van der Waals surface area contributed by atoms with Gasteiger partial charge in [-0.1, -0.05) is 11.6 Å². The number of halogens is 3. The number of ether oxygens (including phenoxy) is 3. The first kappa shape index (κ1) is 26.0. The fourth-order valence-corrected chi connectivity index (χ4v) is 5.49. The molecule has 0 unspecified atom stereocenters. The van der Waals surface area contributed by atoms with Crippen LogP contribution in [0.25, 0.3) is 11.1 Å². The van der Waals surface area contributed by atoms with E-state index >= 15 is 0 Å². The molecule has 4 rings (SSSR count). The third-order valence-electron chi connectivity index (χ3n) is 5.77. The van der Waals surface area contributed by atoms with Crippen LogP contribution in [0, 0.1) is 11.6 Å². The summed E-state index contributed by atoms with van der Waals surface area (Å²) in [6.07, 6.45) is 0.752. The van der Waals surface area contributed by atoms with Gasteiger partial charge < -0.3 is 19.1 Å². The van der Waals surface area contributed by atoms with Gasteiger partial charge in [-0.25, -0.2) is 17.2 Å². The van der Waals surface area contributed by atoms with Gasteiger partial charge in [0.2, 0.25) is 0 Å². The minimum Gasteiger partial charge on any atom is -0.493 e. The predicted molar refractivity (Wildman–Crippen MR) is 134 cm³/mol. The van der Waals surface area contributed by atoms with Crippen molar-refractivity contribution in [2.75, 3.05) is 39.1 Å². The van der Waals surface area contributed by atoms with Crippen molar-refractivity contribution in [3.05, 3.63) is 65.2 Å². The number of methoxy groups -OCH3 is 2. The van der Waals surface area contributed by atoms with Gasteiger partial charge in [0.15, 0.2) is 11.5 Å². The number of hydrogen-bond acceptors (Lipinski definition) is 6. The van der Waals surface area contributed by atoms with E-state index in [0.29, 0.717) is 16.8 Å². The molecule has 1 fully saturated rings. The quantitative estimate of drug-likeness (QED) is 0.425. The Kier molecular flexibility index (Phi) is 7.58. The lowest BCUT2D eigenvalue weighted by molar-refractivity contribution is 0.208. The zero-order valence-electron chi connectivity index (χ0n) is 19.8. The van der Waals surface area contributed by atoms with E-state index in [0.717, 1.165) is 31.6 Å². The van der Waals surface area contributed by atoms with Crippen molar-refractivity contribution in [1.82, 2.24) is 4.90 Å². The minimum atomic E-state index is -4.28. The molecule has 0 bridgehead atoms. The standard InChI is InChI=1S/C25H25ClF2N2O5S/c1-30-7-6-19(14-30)35-22-11-18(4-5-21(22)26)29-36(31,32)25-13-24(34-3)23(33-2)12-20(25)15-8-16(27)10-17(28)9-15/h4-5,8-13,19,29H,6-7,14H2,1-3H3/t19-/m1/s1.